The lowest BCUT2D eigenvalue weighted by Crippen LogP contribution is -2.36. The molecule has 0 aliphatic heterocycles. The molecule has 0 bridgehead atoms. The SMILES string of the molecule is Cc1ccsc1C=CC(=O)NCC1CCCCC1C(=O)O. The Labute approximate surface area is 128 Å². The van der Waals surface area contributed by atoms with Gasteiger partial charge >= 0.3 is 5.97 Å². The first-order valence-corrected chi connectivity index (χ1v) is 8.18. The fourth-order valence-electron chi connectivity index (χ4n) is 2.77. The van der Waals surface area contributed by atoms with Gasteiger partial charge in [0.1, 0.15) is 0 Å². The highest BCUT2D eigenvalue weighted by molar-refractivity contribution is 7.11. The lowest BCUT2D eigenvalue weighted by atomic mass is 9.79. The topological polar surface area (TPSA) is 66.4 Å². The minimum absolute atomic E-state index is 0.0528. The van der Waals surface area contributed by atoms with Crippen molar-refractivity contribution < 1.29 is 14.7 Å². The molecule has 2 unspecified atom stereocenters. The van der Waals surface area contributed by atoms with Crippen molar-refractivity contribution in [2.75, 3.05) is 6.54 Å². The summed E-state index contributed by atoms with van der Waals surface area (Å²) < 4.78 is 0. The number of carboxylic acid groups (broad SMARTS) is 1. The van der Waals surface area contributed by atoms with Crippen LogP contribution < -0.4 is 5.32 Å². The van der Waals surface area contributed by atoms with E-state index >= 15 is 0 Å². The summed E-state index contributed by atoms with van der Waals surface area (Å²) in [6.07, 6.45) is 6.96. The van der Waals surface area contributed by atoms with E-state index in [1.807, 2.05) is 24.4 Å². The first-order chi connectivity index (χ1) is 10.1. The average molecular weight is 307 g/mol. The molecule has 0 radical (unpaired) electrons. The van der Waals surface area contributed by atoms with Crippen LogP contribution in [0.25, 0.3) is 6.08 Å². The highest BCUT2D eigenvalue weighted by Crippen LogP contribution is 2.29. The number of aliphatic carboxylic acids is 1. The van der Waals surface area contributed by atoms with Gasteiger partial charge in [0.25, 0.3) is 0 Å². The normalized spacial score (nSPS) is 22.3. The number of carbonyl (C=O) groups excluding carboxylic acids is 1. The van der Waals surface area contributed by atoms with Crippen LogP contribution >= 0.6 is 11.3 Å². The van der Waals surface area contributed by atoms with E-state index in [1.165, 1.54) is 6.08 Å². The van der Waals surface area contributed by atoms with Gasteiger partial charge in [0.15, 0.2) is 0 Å². The lowest BCUT2D eigenvalue weighted by molar-refractivity contribution is -0.145. The molecule has 0 aromatic carbocycles. The molecule has 1 aromatic heterocycles. The highest BCUT2D eigenvalue weighted by Gasteiger charge is 2.30. The molecule has 1 aliphatic carbocycles. The zero-order valence-corrected chi connectivity index (χ0v) is 13.0. The second-order valence-corrected chi connectivity index (χ2v) is 6.48. The van der Waals surface area contributed by atoms with Gasteiger partial charge in [-0.1, -0.05) is 12.8 Å². The zero-order chi connectivity index (χ0) is 15.2. The molecule has 1 aliphatic rings. The van der Waals surface area contributed by atoms with Crippen molar-refractivity contribution in [3.63, 3.8) is 0 Å². The number of hydrogen-bond donors (Lipinski definition) is 2. The van der Waals surface area contributed by atoms with Crippen molar-refractivity contribution >= 4 is 29.3 Å². The number of rotatable bonds is 5. The number of carbonyl (C=O) groups is 2. The van der Waals surface area contributed by atoms with E-state index in [9.17, 15) is 14.7 Å². The molecule has 2 atom stereocenters. The van der Waals surface area contributed by atoms with Crippen molar-refractivity contribution in [3.05, 3.63) is 28.0 Å². The molecule has 114 valence electrons. The van der Waals surface area contributed by atoms with Crippen LogP contribution in [0.3, 0.4) is 0 Å². The molecule has 2 N–H and O–H groups in total. The van der Waals surface area contributed by atoms with Crippen LogP contribution in [0.15, 0.2) is 17.5 Å². The molecule has 1 amide bonds. The number of aryl methyl sites for hydroxylation is 1. The van der Waals surface area contributed by atoms with E-state index in [0.717, 1.165) is 36.1 Å². The van der Waals surface area contributed by atoms with Gasteiger partial charge in [-0.25, -0.2) is 0 Å². The first kappa shape index (κ1) is 15.8. The highest BCUT2D eigenvalue weighted by atomic mass is 32.1. The Morgan fingerprint density at radius 2 is 2.19 bits per heavy atom. The molecule has 4 nitrogen and oxygen atoms in total. The number of carboxylic acids is 1. The minimum Gasteiger partial charge on any atom is -0.481 e. The van der Waals surface area contributed by atoms with Gasteiger partial charge in [0.2, 0.25) is 5.91 Å². The molecule has 5 heteroatoms. The maximum absolute atomic E-state index is 11.8. The lowest BCUT2D eigenvalue weighted by Gasteiger charge is -2.28. The second-order valence-electron chi connectivity index (χ2n) is 5.54. The number of amides is 1. The van der Waals surface area contributed by atoms with Gasteiger partial charge in [0.05, 0.1) is 5.92 Å². The average Bonchev–Trinajstić information content (AvgIpc) is 2.88. The maximum atomic E-state index is 11.8. The van der Waals surface area contributed by atoms with E-state index in [2.05, 4.69) is 5.32 Å². The third kappa shape index (κ3) is 4.43. The molecule has 21 heavy (non-hydrogen) atoms. The first-order valence-electron chi connectivity index (χ1n) is 7.30. The van der Waals surface area contributed by atoms with E-state index in [4.69, 9.17) is 0 Å². The number of thiophene rings is 1. The van der Waals surface area contributed by atoms with Gasteiger partial charge < -0.3 is 10.4 Å². The smallest absolute Gasteiger partial charge is 0.306 e. The molecule has 1 fully saturated rings. The predicted octanol–water partition coefficient (Wildman–Crippen LogP) is 3.08. The van der Waals surface area contributed by atoms with Crippen molar-refractivity contribution in [2.45, 2.75) is 32.6 Å². The van der Waals surface area contributed by atoms with Crippen LogP contribution in [0, 0.1) is 18.8 Å². The minimum atomic E-state index is -0.737. The van der Waals surface area contributed by atoms with Crippen LogP contribution in [0.1, 0.15) is 36.1 Å². The quantitative estimate of drug-likeness (QED) is 0.822. The van der Waals surface area contributed by atoms with Crippen molar-refractivity contribution in [3.8, 4) is 0 Å². The summed E-state index contributed by atoms with van der Waals surface area (Å²) in [5.74, 6) is -1.16. The van der Waals surface area contributed by atoms with Crippen LogP contribution in [-0.4, -0.2) is 23.5 Å². The van der Waals surface area contributed by atoms with Gasteiger partial charge in [0, 0.05) is 17.5 Å². The summed E-state index contributed by atoms with van der Waals surface area (Å²) in [6.45, 7) is 2.46. The summed E-state index contributed by atoms with van der Waals surface area (Å²) in [5, 5.41) is 14.0. The number of hydrogen-bond acceptors (Lipinski definition) is 3. The summed E-state index contributed by atoms with van der Waals surface area (Å²) >= 11 is 1.60. The fraction of sp³-hybridized carbons (Fsp3) is 0.500. The molecule has 0 spiro atoms. The van der Waals surface area contributed by atoms with Crippen molar-refractivity contribution in [1.82, 2.24) is 5.32 Å². The van der Waals surface area contributed by atoms with Crippen LogP contribution in [0.5, 0.6) is 0 Å². The summed E-state index contributed by atoms with van der Waals surface area (Å²) in [7, 11) is 0. The molecule has 1 saturated carbocycles. The number of nitrogens with one attached hydrogen (secondary N) is 1. The molecule has 1 heterocycles. The summed E-state index contributed by atoms with van der Waals surface area (Å²) in [5.41, 5.74) is 1.15. The molecule has 0 saturated heterocycles. The molecule has 1 aromatic rings. The van der Waals surface area contributed by atoms with E-state index in [1.54, 1.807) is 11.3 Å². The maximum Gasteiger partial charge on any atom is 0.306 e. The molecular weight excluding hydrogens is 286 g/mol. The van der Waals surface area contributed by atoms with Gasteiger partial charge in [-0.3, -0.25) is 9.59 Å². The van der Waals surface area contributed by atoms with Gasteiger partial charge in [-0.2, -0.15) is 0 Å². The van der Waals surface area contributed by atoms with Crippen LogP contribution in [0.4, 0.5) is 0 Å². The summed E-state index contributed by atoms with van der Waals surface area (Å²) in [4.78, 5) is 24.1. The Morgan fingerprint density at radius 1 is 1.43 bits per heavy atom. The monoisotopic (exact) mass is 307 g/mol. The van der Waals surface area contributed by atoms with Crippen molar-refractivity contribution in [1.29, 1.82) is 0 Å². The van der Waals surface area contributed by atoms with Gasteiger partial charge in [-0.05, 0) is 48.8 Å². The standard InChI is InChI=1S/C16H21NO3S/c1-11-8-9-21-14(11)6-7-15(18)17-10-12-4-2-3-5-13(12)16(19)20/h6-9,12-13H,2-5,10H2,1H3,(H,17,18)(H,19,20). The van der Waals surface area contributed by atoms with Gasteiger partial charge in [-0.15, -0.1) is 11.3 Å². The Kier molecular flexibility index (Phi) is 5.56. The van der Waals surface area contributed by atoms with E-state index in [-0.39, 0.29) is 17.7 Å². The molecular formula is C16H21NO3S. The fourth-order valence-corrected chi connectivity index (χ4v) is 3.59. The van der Waals surface area contributed by atoms with E-state index < -0.39 is 5.97 Å². The largest absolute Gasteiger partial charge is 0.481 e. The second kappa shape index (κ2) is 7.41. The van der Waals surface area contributed by atoms with E-state index in [0.29, 0.717) is 6.54 Å². The third-order valence-electron chi connectivity index (χ3n) is 4.05. The third-order valence-corrected chi connectivity index (χ3v) is 5.04. The van der Waals surface area contributed by atoms with Crippen LogP contribution in [0.2, 0.25) is 0 Å². The Bertz CT molecular complexity index is 535. The molecule has 2 rings (SSSR count). The zero-order valence-electron chi connectivity index (χ0n) is 12.2. The Hall–Kier alpha value is -1.62. The predicted molar refractivity (Wildman–Crippen MR) is 84.2 cm³/mol. The van der Waals surface area contributed by atoms with Crippen molar-refractivity contribution in [2.24, 2.45) is 11.8 Å². The summed E-state index contributed by atoms with van der Waals surface area (Å²) in [6, 6.07) is 2.02. The Morgan fingerprint density at radius 3 is 2.86 bits per heavy atom. The Balaban J connectivity index is 1.84. The van der Waals surface area contributed by atoms with Crippen LogP contribution in [-0.2, 0) is 9.59 Å².